The lowest BCUT2D eigenvalue weighted by molar-refractivity contribution is -0.116. The van der Waals surface area contributed by atoms with Gasteiger partial charge in [0.05, 0.1) is 5.92 Å². The Balaban J connectivity index is 2.68. The summed E-state index contributed by atoms with van der Waals surface area (Å²) in [5.41, 5.74) is 2.90. The Morgan fingerprint density at radius 3 is 2.77 bits per heavy atom. The normalized spacial score (nSPS) is 19.9. The molecule has 0 spiro atoms. The molecule has 0 radical (unpaired) electrons. The number of amides is 1. The van der Waals surface area contributed by atoms with Crippen LogP contribution in [0.1, 0.15) is 24.0 Å². The smallest absolute Gasteiger partial charge is 0.231 e. The molecule has 13 heavy (non-hydrogen) atoms. The molecular weight excluding hydrogens is 186 g/mol. The van der Waals surface area contributed by atoms with Gasteiger partial charge in [0.1, 0.15) is 0 Å². The number of benzene rings is 1. The lowest BCUT2D eigenvalue weighted by atomic mass is 10.0. The second-order valence-corrected chi connectivity index (χ2v) is 3.77. The molecular formula is C10H10ClNO. The highest BCUT2D eigenvalue weighted by Gasteiger charge is 2.29. The van der Waals surface area contributed by atoms with Crippen LogP contribution in [0.5, 0.6) is 0 Å². The number of hydrogen-bond donors (Lipinski definition) is 1. The van der Waals surface area contributed by atoms with Gasteiger partial charge in [0, 0.05) is 16.3 Å². The molecule has 2 nitrogen and oxygen atoms in total. The van der Waals surface area contributed by atoms with Gasteiger partial charge < -0.3 is 5.32 Å². The van der Waals surface area contributed by atoms with Gasteiger partial charge in [-0.1, -0.05) is 17.7 Å². The van der Waals surface area contributed by atoms with Crippen LogP contribution < -0.4 is 5.32 Å². The number of hydrogen-bond acceptors (Lipinski definition) is 1. The number of carbonyl (C=O) groups excluding carboxylic acids is 1. The number of halogens is 1. The summed E-state index contributed by atoms with van der Waals surface area (Å²) in [6.45, 7) is 3.83. The Kier molecular flexibility index (Phi) is 1.81. The molecule has 0 bridgehead atoms. The lowest BCUT2D eigenvalue weighted by Gasteiger charge is -2.05. The molecule has 1 aromatic carbocycles. The van der Waals surface area contributed by atoms with Crippen molar-refractivity contribution in [2.24, 2.45) is 0 Å². The van der Waals surface area contributed by atoms with Crippen LogP contribution >= 0.6 is 11.6 Å². The van der Waals surface area contributed by atoms with Crippen LogP contribution in [0.3, 0.4) is 0 Å². The molecule has 1 heterocycles. The molecule has 2 rings (SSSR count). The Labute approximate surface area is 81.9 Å². The molecule has 1 aliphatic heterocycles. The largest absolute Gasteiger partial charge is 0.325 e. The van der Waals surface area contributed by atoms with Crippen molar-refractivity contribution >= 4 is 23.2 Å². The maximum absolute atomic E-state index is 11.4. The molecule has 1 aromatic rings. The third-order valence-corrected chi connectivity index (χ3v) is 2.80. The summed E-state index contributed by atoms with van der Waals surface area (Å²) in [6, 6.07) is 3.76. The zero-order valence-electron chi connectivity index (χ0n) is 7.52. The predicted molar refractivity (Wildman–Crippen MR) is 53.2 cm³/mol. The number of aryl methyl sites for hydroxylation is 1. The van der Waals surface area contributed by atoms with Gasteiger partial charge in [0.15, 0.2) is 0 Å². The van der Waals surface area contributed by atoms with Crippen molar-refractivity contribution in [2.45, 2.75) is 19.8 Å². The second-order valence-electron chi connectivity index (χ2n) is 3.36. The maximum atomic E-state index is 11.4. The SMILES string of the molecule is Cc1ccc(Cl)c2c1NC(=O)C2C. The first-order valence-corrected chi connectivity index (χ1v) is 4.59. The van der Waals surface area contributed by atoms with Crippen LogP contribution in [0.2, 0.25) is 5.02 Å². The Bertz CT molecular complexity index is 387. The van der Waals surface area contributed by atoms with E-state index in [9.17, 15) is 4.79 Å². The number of rotatable bonds is 0. The van der Waals surface area contributed by atoms with Crippen LogP contribution in [-0.2, 0) is 4.79 Å². The average Bonchev–Trinajstić information content (AvgIpc) is 2.38. The molecule has 0 saturated carbocycles. The number of carbonyl (C=O) groups is 1. The highest BCUT2D eigenvalue weighted by Crippen LogP contribution is 2.39. The molecule has 0 aliphatic carbocycles. The zero-order valence-corrected chi connectivity index (χ0v) is 8.27. The van der Waals surface area contributed by atoms with Crippen molar-refractivity contribution in [1.82, 2.24) is 0 Å². The molecule has 1 N–H and O–H groups in total. The molecule has 1 unspecified atom stereocenters. The number of fused-ring (bicyclic) bond motifs is 1. The van der Waals surface area contributed by atoms with E-state index in [0.29, 0.717) is 5.02 Å². The first-order chi connectivity index (χ1) is 6.11. The first kappa shape index (κ1) is 8.57. The van der Waals surface area contributed by atoms with Crippen LogP contribution in [0.15, 0.2) is 12.1 Å². The fourth-order valence-electron chi connectivity index (χ4n) is 1.65. The van der Waals surface area contributed by atoms with E-state index in [1.807, 2.05) is 26.0 Å². The van der Waals surface area contributed by atoms with Crippen LogP contribution in [0.4, 0.5) is 5.69 Å². The summed E-state index contributed by atoms with van der Waals surface area (Å²) >= 11 is 6.01. The van der Waals surface area contributed by atoms with Gasteiger partial charge in [0.25, 0.3) is 0 Å². The van der Waals surface area contributed by atoms with Crippen molar-refractivity contribution in [3.05, 3.63) is 28.3 Å². The van der Waals surface area contributed by atoms with Crippen LogP contribution in [0, 0.1) is 6.92 Å². The number of anilines is 1. The topological polar surface area (TPSA) is 29.1 Å². The van der Waals surface area contributed by atoms with Gasteiger partial charge in [-0.05, 0) is 25.5 Å². The predicted octanol–water partition coefficient (Wildman–Crippen LogP) is 2.70. The van der Waals surface area contributed by atoms with Crippen molar-refractivity contribution < 1.29 is 4.79 Å². The standard InChI is InChI=1S/C10H10ClNO/c1-5-3-4-7(11)8-6(2)10(13)12-9(5)8/h3-4,6H,1-2H3,(H,12,13). The first-order valence-electron chi connectivity index (χ1n) is 4.21. The Hall–Kier alpha value is -1.02. The molecule has 3 heteroatoms. The third kappa shape index (κ3) is 1.13. The molecule has 68 valence electrons. The summed E-state index contributed by atoms with van der Waals surface area (Å²) in [6.07, 6.45) is 0. The molecule has 1 atom stereocenters. The average molecular weight is 196 g/mol. The van der Waals surface area contributed by atoms with Crippen LogP contribution in [0.25, 0.3) is 0 Å². The van der Waals surface area contributed by atoms with E-state index in [0.717, 1.165) is 16.8 Å². The van der Waals surface area contributed by atoms with Crippen LogP contribution in [-0.4, -0.2) is 5.91 Å². The van der Waals surface area contributed by atoms with Gasteiger partial charge in [-0.15, -0.1) is 0 Å². The number of nitrogens with one attached hydrogen (secondary N) is 1. The van der Waals surface area contributed by atoms with Gasteiger partial charge >= 0.3 is 0 Å². The molecule has 1 aliphatic rings. The highest BCUT2D eigenvalue weighted by molar-refractivity contribution is 6.32. The fraction of sp³-hybridized carbons (Fsp3) is 0.300. The van der Waals surface area contributed by atoms with Crippen molar-refractivity contribution in [2.75, 3.05) is 5.32 Å². The van der Waals surface area contributed by atoms with Crippen molar-refractivity contribution in [3.8, 4) is 0 Å². The van der Waals surface area contributed by atoms with Crippen molar-refractivity contribution in [3.63, 3.8) is 0 Å². The fourth-order valence-corrected chi connectivity index (χ4v) is 1.98. The summed E-state index contributed by atoms with van der Waals surface area (Å²) in [7, 11) is 0. The van der Waals surface area contributed by atoms with Gasteiger partial charge in [-0.25, -0.2) is 0 Å². The van der Waals surface area contributed by atoms with Gasteiger partial charge in [-0.2, -0.15) is 0 Å². The summed E-state index contributed by atoms with van der Waals surface area (Å²) in [4.78, 5) is 11.4. The summed E-state index contributed by atoms with van der Waals surface area (Å²) in [5.74, 6) is -0.0893. The lowest BCUT2D eigenvalue weighted by Crippen LogP contribution is -2.08. The van der Waals surface area contributed by atoms with E-state index in [2.05, 4.69) is 5.32 Å². The highest BCUT2D eigenvalue weighted by atomic mass is 35.5. The monoisotopic (exact) mass is 195 g/mol. The molecule has 0 saturated heterocycles. The van der Waals surface area contributed by atoms with Gasteiger partial charge in [-0.3, -0.25) is 4.79 Å². The molecule has 0 fully saturated rings. The maximum Gasteiger partial charge on any atom is 0.231 e. The van der Waals surface area contributed by atoms with Crippen molar-refractivity contribution in [1.29, 1.82) is 0 Å². The second kappa shape index (κ2) is 2.74. The van der Waals surface area contributed by atoms with Gasteiger partial charge in [0.2, 0.25) is 5.91 Å². The molecule has 1 amide bonds. The van der Waals surface area contributed by atoms with E-state index < -0.39 is 0 Å². The minimum absolute atomic E-state index is 0.0335. The summed E-state index contributed by atoms with van der Waals surface area (Å²) < 4.78 is 0. The minimum atomic E-state index is -0.123. The third-order valence-electron chi connectivity index (χ3n) is 2.48. The van der Waals surface area contributed by atoms with E-state index >= 15 is 0 Å². The van der Waals surface area contributed by atoms with E-state index in [1.165, 1.54) is 0 Å². The van der Waals surface area contributed by atoms with E-state index in [4.69, 9.17) is 11.6 Å². The summed E-state index contributed by atoms with van der Waals surface area (Å²) in [5, 5.41) is 3.51. The van der Waals surface area contributed by atoms with E-state index in [1.54, 1.807) is 0 Å². The quantitative estimate of drug-likeness (QED) is 0.678. The Morgan fingerprint density at radius 2 is 2.15 bits per heavy atom. The molecule has 0 aromatic heterocycles. The zero-order chi connectivity index (χ0) is 9.59. The van der Waals surface area contributed by atoms with E-state index in [-0.39, 0.29) is 11.8 Å². The minimum Gasteiger partial charge on any atom is -0.325 e. The Morgan fingerprint density at radius 1 is 1.46 bits per heavy atom.